The third-order valence-corrected chi connectivity index (χ3v) is 9.02. The molecule has 3 aromatic heterocycles. The maximum atomic E-state index is 8.12. The zero-order valence-corrected chi connectivity index (χ0v) is 27.3. The van der Waals surface area contributed by atoms with Crippen LogP contribution in [0.25, 0.3) is 27.5 Å². The van der Waals surface area contributed by atoms with Gasteiger partial charge in [0.2, 0.25) is 0 Å². The van der Waals surface area contributed by atoms with E-state index in [0.717, 1.165) is 50.2 Å². The Morgan fingerprint density at radius 1 is 0.574 bits per heavy atom. The van der Waals surface area contributed by atoms with Crippen molar-refractivity contribution in [3.63, 3.8) is 0 Å². The van der Waals surface area contributed by atoms with Crippen LogP contribution in [-0.2, 0) is 5.41 Å². The predicted molar refractivity (Wildman–Crippen MR) is 192 cm³/mol. The number of benzene rings is 1. The quantitative estimate of drug-likeness (QED) is 0.277. The maximum absolute atomic E-state index is 8.12. The summed E-state index contributed by atoms with van der Waals surface area (Å²) < 4.78 is 50.4. The van der Waals surface area contributed by atoms with Gasteiger partial charge in [-0.25, -0.2) is 9.97 Å². The first-order valence-electron chi connectivity index (χ1n) is 18.7. The second-order valence-corrected chi connectivity index (χ2v) is 13.7. The van der Waals surface area contributed by atoms with Crippen LogP contribution < -0.4 is 19.6 Å². The van der Waals surface area contributed by atoms with Gasteiger partial charge in [0.1, 0.15) is 11.6 Å². The van der Waals surface area contributed by atoms with E-state index >= 15 is 0 Å². The zero-order chi connectivity index (χ0) is 37.6. The summed E-state index contributed by atoms with van der Waals surface area (Å²) in [6.07, 6.45) is 18.7. The Balaban J connectivity index is 1.38. The van der Waals surface area contributed by atoms with Gasteiger partial charge in [0.15, 0.2) is 0 Å². The van der Waals surface area contributed by atoms with E-state index in [0.29, 0.717) is 19.2 Å². The van der Waals surface area contributed by atoms with Gasteiger partial charge in [-0.05, 0) is 17.5 Å². The molecule has 0 atom stereocenters. The highest BCUT2D eigenvalue weighted by molar-refractivity contribution is 6.10. The molecule has 0 bridgehead atoms. The Bertz CT molecular complexity index is 2210. The first-order valence-corrected chi connectivity index (χ1v) is 15.7. The van der Waals surface area contributed by atoms with Crippen molar-refractivity contribution in [2.45, 2.75) is 26.2 Å². The molecule has 4 aromatic rings. The molecular formula is C36H43N11. The Labute approximate surface area is 285 Å². The summed E-state index contributed by atoms with van der Waals surface area (Å²) in [6.45, 7) is 3.61. The molecule has 0 radical (unpaired) electrons. The second kappa shape index (κ2) is 10.6. The summed E-state index contributed by atoms with van der Waals surface area (Å²) in [5.74, 6) is 1.39. The molecule has 0 amide bonds. The highest BCUT2D eigenvalue weighted by Crippen LogP contribution is 2.45. The first kappa shape index (κ1) is 23.1. The van der Waals surface area contributed by atoms with E-state index in [-0.39, 0.29) is 18.8 Å². The van der Waals surface area contributed by atoms with Gasteiger partial charge < -0.3 is 43.8 Å². The van der Waals surface area contributed by atoms with Gasteiger partial charge in [0.05, 0.1) is 54.8 Å². The smallest absolute Gasteiger partial charge is 0.136 e. The Kier molecular flexibility index (Phi) is 5.21. The number of anilines is 4. The molecule has 0 unspecified atom stereocenters. The Hall–Kier alpha value is -5.32. The van der Waals surface area contributed by atoms with E-state index in [4.69, 9.17) is 18.2 Å². The minimum atomic E-state index is -2.29. The van der Waals surface area contributed by atoms with Crippen molar-refractivity contribution in [2.24, 2.45) is 0 Å². The van der Waals surface area contributed by atoms with Crippen LogP contribution in [0.15, 0.2) is 86.3 Å². The Morgan fingerprint density at radius 3 is 1.40 bits per heavy atom. The third kappa shape index (κ3) is 4.97. The van der Waals surface area contributed by atoms with Gasteiger partial charge in [-0.15, -0.1) is 0 Å². The average Bonchev–Trinajstić information content (AvgIpc) is 3.92. The van der Waals surface area contributed by atoms with Crippen molar-refractivity contribution < 1.29 is 8.22 Å². The second-order valence-electron chi connectivity index (χ2n) is 13.7. The standard InChI is InChI=1S/C36H43N11/c1-36(2,3)35-31(43-12-8-39(4)22-43)16-26(17-32(35)44-13-9-40(5)23-44)47-29-18-33(45-14-10-41(6)24-45)37-20-27(29)28-21-38-34(19-30(28)47)46-15-11-42(7)25-46/h8-21H,22-25H2,1-7H3/i4D3,6D3. The highest BCUT2D eigenvalue weighted by atomic mass is 15.4. The van der Waals surface area contributed by atoms with E-state index in [1.807, 2.05) is 67.2 Å². The topological polar surface area (TPSA) is 56.6 Å². The lowest BCUT2D eigenvalue weighted by molar-refractivity contribution is 0.490. The normalized spacial score (nSPS) is 20.4. The molecule has 8 rings (SSSR count). The van der Waals surface area contributed by atoms with Crippen molar-refractivity contribution in [2.75, 3.05) is 74.3 Å². The average molecular weight is 636 g/mol. The predicted octanol–water partition coefficient (Wildman–Crippen LogP) is 5.59. The van der Waals surface area contributed by atoms with Crippen LogP contribution >= 0.6 is 0 Å². The lowest BCUT2D eigenvalue weighted by Gasteiger charge is -2.34. The maximum Gasteiger partial charge on any atom is 0.136 e. The molecule has 47 heavy (non-hydrogen) atoms. The fourth-order valence-electron chi connectivity index (χ4n) is 6.83. The monoisotopic (exact) mass is 635 g/mol. The van der Waals surface area contributed by atoms with Crippen LogP contribution in [0.5, 0.6) is 0 Å². The van der Waals surface area contributed by atoms with Gasteiger partial charge in [-0.2, -0.15) is 0 Å². The minimum Gasteiger partial charge on any atom is -0.361 e. The third-order valence-electron chi connectivity index (χ3n) is 9.02. The molecule has 0 N–H and O–H groups in total. The summed E-state index contributed by atoms with van der Waals surface area (Å²) >= 11 is 0. The highest BCUT2D eigenvalue weighted by Gasteiger charge is 2.31. The SMILES string of the molecule is [2H]C([2H])([2H])N1C=CN(c2cc3c(cn2)c2cnc(N4C=CN(C)C4)cc2n3-c2cc(N3C=CN(C)C3)c(C(C)(C)C)c(N3C=CN(C([2H])([2H])[2H])C3)c2)C1. The van der Waals surface area contributed by atoms with Crippen molar-refractivity contribution in [3.8, 4) is 5.69 Å². The number of fused-ring (bicyclic) bond motifs is 3. The molecule has 7 heterocycles. The number of nitrogens with zero attached hydrogens (tertiary/aromatic N) is 11. The lowest BCUT2D eigenvalue weighted by atomic mass is 9.83. The van der Waals surface area contributed by atoms with E-state index in [9.17, 15) is 0 Å². The van der Waals surface area contributed by atoms with E-state index in [2.05, 4.69) is 69.3 Å². The molecule has 0 fully saturated rings. The molecule has 1 aromatic carbocycles. The van der Waals surface area contributed by atoms with Crippen LogP contribution in [0.1, 0.15) is 34.6 Å². The molecular weight excluding hydrogens is 586 g/mol. The van der Waals surface area contributed by atoms with Crippen molar-refractivity contribution in [3.05, 3.63) is 91.8 Å². The molecule has 4 aliphatic rings. The molecule has 4 aliphatic heterocycles. The fourth-order valence-corrected chi connectivity index (χ4v) is 6.83. The van der Waals surface area contributed by atoms with E-state index in [1.54, 1.807) is 18.6 Å². The molecule has 11 nitrogen and oxygen atoms in total. The Morgan fingerprint density at radius 2 is 1.00 bits per heavy atom. The van der Waals surface area contributed by atoms with Crippen LogP contribution in [0.3, 0.4) is 0 Å². The minimum absolute atomic E-state index is 0.139. The van der Waals surface area contributed by atoms with Crippen molar-refractivity contribution in [1.82, 2.24) is 34.1 Å². The molecule has 242 valence electrons. The zero-order valence-electron chi connectivity index (χ0n) is 33.3. The molecule has 0 saturated heterocycles. The number of hydrogen-bond acceptors (Lipinski definition) is 10. The summed E-state index contributed by atoms with van der Waals surface area (Å²) in [5, 5.41) is 1.81. The summed E-state index contributed by atoms with van der Waals surface area (Å²) in [4.78, 5) is 24.7. The van der Waals surface area contributed by atoms with Gasteiger partial charge in [-0.3, -0.25) is 0 Å². The fraction of sp³-hybridized carbons (Fsp3) is 0.333. The molecule has 0 aliphatic carbocycles. The number of aromatic nitrogens is 3. The van der Waals surface area contributed by atoms with Crippen LogP contribution in [-0.4, -0.2) is 88.9 Å². The van der Waals surface area contributed by atoms with Gasteiger partial charge in [0.25, 0.3) is 0 Å². The van der Waals surface area contributed by atoms with Gasteiger partial charge in [-0.1, -0.05) is 20.8 Å². The lowest BCUT2D eigenvalue weighted by Crippen LogP contribution is -2.29. The van der Waals surface area contributed by atoms with Crippen LogP contribution in [0.4, 0.5) is 23.0 Å². The van der Waals surface area contributed by atoms with Crippen LogP contribution in [0, 0.1) is 0 Å². The van der Waals surface area contributed by atoms with Crippen molar-refractivity contribution in [1.29, 1.82) is 0 Å². The molecule has 0 spiro atoms. The van der Waals surface area contributed by atoms with Crippen molar-refractivity contribution >= 4 is 44.8 Å². The first-order chi connectivity index (χ1) is 25.0. The largest absolute Gasteiger partial charge is 0.361 e. The van der Waals surface area contributed by atoms with Gasteiger partial charge >= 0.3 is 0 Å². The van der Waals surface area contributed by atoms with Crippen LogP contribution in [0.2, 0.25) is 0 Å². The van der Waals surface area contributed by atoms with Gasteiger partial charge in [0, 0.05) is 127 Å². The molecule has 11 heteroatoms. The summed E-state index contributed by atoms with van der Waals surface area (Å²) in [5.41, 5.74) is 5.33. The number of hydrogen-bond donors (Lipinski definition) is 0. The molecule has 0 saturated carbocycles. The van der Waals surface area contributed by atoms with E-state index in [1.165, 1.54) is 9.80 Å². The summed E-state index contributed by atoms with van der Waals surface area (Å²) in [6, 6.07) is 8.45. The number of rotatable bonds is 5. The number of pyridine rings is 2. The summed E-state index contributed by atoms with van der Waals surface area (Å²) in [7, 11) is 4.05. The van der Waals surface area contributed by atoms with E-state index < -0.39 is 14.0 Å².